The summed E-state index contributed by atoms with van der Waals surface area (Å²) in [6.07, 6.45) is -1.21. The number of carbonyl (C=O) groups excluding carboxylic acids is 5. The van der Waals surface area contributed by atoms with Gasteiger partial charge in [0.15, 0.2) is 12.7 Å². The van der Waals surface area contributed by atoms with Crippen molar-refractivity contribution in [2.75, 3.05) is 13.2 Å². The minimum atomic E-state index is -1.73. The first-order valence-electron chi connectivity index (χ1n) is 15.7. The number of ether oxygens (including phenoxy) is 1. The van der Waals surface area contributed by atoms with Crippen molar-refractivity contribution in [3.8, 4) is 5.75 Å². The molecular formula is C35H43N5O7. The van der Waals surface area contributed by atoms with Crippen LogP contribution in [-0.2, 0) is 30.4 Å². The van der Waals surface area contributed by atoms with E-state index in [1.165, 1.54) is 4.90 Å². The minimum absolute atomic E-state index is 0.0492. The van der Waals surface area contributed by atoms with Gasteiger partial charge in [-0.05, 0) is 57.0 Å². The van der Waals surface area contributed by atoms with Gasteiger partial charge in [-0.2, -0.15) is 0 Å². The number of nitrogens with zero attached hydrogens (tertiary/aromatic N) is 1. The Kier molecular flexibility index (Phi) is 11.5. The summed E-state index contributed by atoms with van der Waals surface area (Å²) in [5.41, 5.74) is 5.61. The third-order valence-corrected chi connectivity index (χ3v) is 7.76. The molecule has 47 heavy (non-hydrogen) atoms. The molecule has 1 aliphatic heterocycles. The van der Waals surface area contributed by atoms with Gasteiger partial charge >= 0.3 is 0 Å². The number of likely N-dealkylation sites (tertiary alicyclic amines) is 1. The van der Waals surface area contributed by atoms with E-state index in [1.807, 2.05) is 51.1 Å². The zero-order chi connectivity index (χ0) is 34.1. The summed E-state index contributed by atoms with van der Waals surface area (Å²) in [4.78, 5) is 66.4. The number of rotatable bonds is 13. The summed E-state index contributed by atoms with van der Waals surface area (Å²) in [6, 6.07) is 18.5. The van der Waals surface area contributed by atoms with Crippen molar-refractivity contribution in [1.82, 2.24) is 20.9 Å². The molecule has 6 N–H and O–H groups in total. The number of aliphatic hydroxyl groups excluding tert-OH is 1. The Labute approximate surface area is 274 Å². The summed E-state index contributed by atoms with van der Waals surface area (Å²) in [6.45, 7) is 5.33. The monoisotopic (exact) mass is 645 g/mol. The fourth-order valence-electron chi connectivity index (χ4n) is 5.60. The van der Waals surface area contributed by atoms with E-state index in [0.29, 0.717) is 24.2 Å². The Balaban J connectivity index is 1.48. The SMILES string of the molecule is CC(C)(C)NC(=O)C1CCCN1C(=O)[C@@H](O)[C@H](Cc1ccccc1)NC(=O)C(CC(N)=O)NC(=O)COc1cccc2ccccc12. The van der Waals surface area contributed by atoms with Crippen LogP contribution < -0.4 is 26.4 Å². The van der Waals surface area contributed by atoms with Crippen molar-refractivity contribution >= 4 is 40.3 Å². The molecule has 1 heterocycles. The van der Waals surface area contributed by atoms with Gasteiger partial charge in [-0.3, -0.25) is 24.0 Å². The number of amides is 5. The number of aliphatic hydroxyl groups is 1. The van der Waals surface area contributed by atoms with E-state index >= 15 is 0 Å². The van der Waals surface area contributed by atoms with Gasteiger partial charge in [0.05, 0.1) is 12.5 Å². The molecule has 3 aromatic rings. The second-order valence-electron chi connectivity index (χ2n) is 12.7. The average Bonchev–Trinajstić information content (AvgIpc) is 3.52. The van der Waals surface area contributed by atoms with Crippen molar-refractivity contribution in [3.63, 3.8) is 0 Å². The lowest BCUT2D eigenvalue weighted by Crippen LogP contribution is -2.59. The zero-order valence-electron chi connectivity index (χ0n) is 26.9. The summed E-state index contributed by atoms with van der Waals surface area (Å²) >= 11 is 0. The summed E-state index contributed by atoms with van der Waals surface area (Å²) in [5, 5.41) is 21.2. The maximum atomic E-state index is 13.7. The maximum absolute atomic E-state index is 13.7. The third kappa shape index (κ3) is 9.76. The molecule has 1 aliphatic rings. The predicted molar refractivity (Wildman–Crippen MR) is 176 cm³/mol. The van der Waals surface area contributed by atoms with Crippen LogP contribution in [0.5, 0.6) is 5.75 Å². The van der Waals surface area contributed by atoms with Crippen molar-refractivity contribution in [3.05, 3.63) is 78.4 Å². The van der Waals surface area contributed by atoms with Crippen LogP contribution in [0.2, 0.25) is 0 Å². The minimum Gasteiger partial charge on any atom is -0.483 e. The van der Waals surface area contributed by atoms with Crippen molar-refractivity contribution in [2.24, 2.45) is 5.73 Å². The van der Waals surface area contributed by atoms with Gasteiger partial charge < -0.3 is 36.4 Å². The number of nitrogens with one attached hydrogen (secondary N) is 3. The molecule has 1 saturated heterocycles. The largest absolute Gasteiger partial charge is 0.483 e. The molecule has 0 bridgehead atoms. The molecular weight excluding hydrogens is 602 g/mol. The summed E-state index contributed by atoms with van der Waals surface area (Å²) in [7, 11) is 0. The van der Waals surface area contributed by atoms with Crippen LogP contribution in [0.25, 0.3) is 10.8 Å². The molecule has 2 unspecified atom stereocenters. The van der Waals surface area contributed by atoms with Gasteiger partial charge in [0.1, 0.15) is 17.8 Å². The van der Waals surface area contributed by atoms with E-state index in [2.05, 4.69) is 16.0 Å². The van der Waals surface area contributed by atoms with Gasteiger partial charge in [0, 0.05) is 17.5 Å². The third-order valence-electron chi connectivity index (χ3n) is 7.76. The quantitative estimate of drug-likeness (QED) is 0.187. The van der Waals surface area contributed by atoms with Crippen molar-refractivity contribution in [1.29, 1.82) is 0 Å². The van der Waals surface area contributed by atoms with E-state index < -0.39 is 66.4 Å². The van der Waals surface area contributed by atoms with E-state index in [9.17, 15) is 29.1 Å². The van der Waals surface area contributed by atoms with Gasteiger partial charge in [0.2, 0.25) is 17.7 Å². The highest BCUT2D eigenvalue weighted by Crippen LogP contribution is 2.25. The Hall–Kier alpha value is -4.97. The highest BCUT2D eigenvalue weighted by molar-refractivity contribution is 5.94. The number of fused-ring (bicyclic) bond motifs is 1. The van der Waals surface area contributed by atoms with Crippen molar-refractivity contribution in [2.45, 2.75) is 76.2 Å². The van der Waals surface area contributed by atoms with Crippen LogP contribution >= 0.6 is 0 Å². The number of carbonyl (C=O) groups is 5. The maximum Gasteiger partial charge on any atom is 0.258 e. The van der Waals surface area contributed by atoms with Gasteiger partial charge in [-0.1, -0.05) is 66.7 Å². The van der Waals surface area contributed by atoms with Gasteiger partial charge in [-0.25, -0.2) is 0 Å². The van der Waals surface area contributed by atoms with Gasteiger partial charge in [-0.15, -0.1) is 0 Å². The topological polar surface area (TPSA) is 180 Å². The van der Waals surface area contributed by atoms with E-state index in [0.717, 1.165) is 10.8 Å². The molecule has 12 nitrogen and oxygen atoms in total. The predicted octanol–water partition coefficient (Wildman–Crippen LogP) is 1.57. The van der Waals surface area contributed by atoms with Crippen LogP contribution in [-0.4, -0.2) is 82.5 Å². The van der Waals surface area contributed by atoms with Crippen molar-refractivity contribution < 1.29 is 33.8 Å². The molecule has 0 aromatic heterocycles. The number of benzene rings is 3. The number of hydrogen-bond acceptors (Lipinski definition) is 7. The summed E-state index contributed by atoms with van der Waals surface area (Å²) in [5.74, 6) is -2.92. The number of hydrogen-bond donors (Lipinski definition) is 5. The molecule has 4 atom stereocenters. The molecule has 250 valence electrons. The molecule has 5 amide bonds. The average molecular weight is 646 g/mol. The van der Waals surface area contributed by atoms with Crippen LogP contribution in [0, 0.1) is 0 Å². The van der Waals surface area contributed by atoms with Crippen LogP contribution in [0.4, 0.5) is 0 Å². The first-order valence-corrected chi connectivity index (χ1v) is 15.7. The molecule has 4 rings (SSSR count). The standard InChI is InChI=1S/C35H43N5O7/c1-35(2,3)39-33(45)27-16-10-18-40(27)34(46)31(43)25(19-22-11-5-4-6-12-22)38-32(44)26(20-29(36)41)37-30(42)21-47-28-17-9-14-23-13-7-8-15-24(23)28/h4-9,11-15,17,25-27,31,43H,10,16,18-21H2,1-3H3,(H2,36,41)(H,37,42)(H,38,44)(H,39,45)/t25-,26?,27?,31-/m0/s1. The first-order chi connectivity index (χ1) is 22.3. The first kappa shape index (κ1) is 34.9. The Bertz CT molecular complexity index is 1580. The lowest BCUT2D eigenvalue weighted by molar-refractivity contribution is -0.147. The lowest BCUT2D eigenvalue weighted by Gasteiger charge is -2.32. The highest BCUT2D eigenvalue weighted by atomic mass is 16.5. The lowest BCUT2D eigenvalue weighted by atomic mass is 9.99. The Morgan fingerprint density at radius 3 is 2.34 bits per heavy atom. The van der Waals surface area contributed by atoms with E-state index in [-0.39, 0.29) is 18.9 Å². The van der Waals surface area contributed by atoms with Crippen LogP contribution in [0.15, 0.2) is 72.8 Å². The van der Waals surface area contributed by atoms with Crippen LogP contribution in [0.1, 0.15) is 45.6 Å². The smallest absolute Gasteiger partial charge is 0.258 e. The van der Waals surface area contributed by atoms with E-state index in [1.54, 1.807) is 42.5 Å². The molecule has 0 radical (unpaired) electrons. The molecule has 0 saturated carbocycles. The molecule has 1 fully saturated rings. The molecule has 0 spiro atoms. The fourth-order valence-corrected chi connectivity index (χ4v) is 5.60. The zero-order valence-corrected chi connectivity index (χ0v) is 26.9. The second-order valence-corrected chi connectivity index (χ2v) is 12.7. The molecule has 0 aliphatic carbocycles. The van der Waals surface area contributed by atoms with Crippen LogP contribution in [0.3, 0.4) is 0 Å². The number of nitrogens with two attached hydrogens (primary N) is 1. The van der Waals surface area contributed by atoms with Gasteiger partial charge in [0.25, 0.3) is 11.8 Å². The fraction of sp³-hybridized carbons (Fsp3) is 0.400. The highest BCUT2D eigenvalue weighted by Gasteiger charge is 2.40. The summed E-state index contributed by atoms with van der Waals surface area (Å²) < 4.78 is 5.73. The Morgan fingerprint density at radius 2 is 1.64 bits per heavy atom. The normalized spacial score (nSPS) is 16.5. The Morgan fingerprint density at radius 1 is 0.957 bits per heavy atom. The van der Waals surface area contributed by atoms with E-state index in [4.69, 9.17) is 10.5 Å². The molecule has 12 heteroatoms. The second kappa shape index (κ2) is 15.5. The molecule has 3 aromatic carbocycles. The number of primary amides is 1.